The molecular weight excluding hydrogens is 296 g/mol. The molecule has 1 N–H and O–H groups in total. The number of pyridine rings is 1. The SMILES string of the molecule is COc1cc(C#N)ccc1Oc1ncc(C(=O)O)cc1Cl. The van der Waals surface area contributed by atoms with Crippen LogP contribution >= 0.6 is 11.6 Å². The Labute approximate surface area is 125 Å². The summed E-state index contributed by atoms with van der Waals surface area (Å²) in [6.07, 6.45) is 1.14. The maximum Gasteiger partial charge on any atom is 0.337 e. The topological polar surface area (TPSA) is 92.4 Å². The van der Waals surface area contributed by atoms with Crippen LogP contribution in [0.15, 0.2) is 30.5 Å². The molecule has 0 aliphatic carbocycles. The number of methoxy groups -OCH3 is 1. The van der Waals surface area contributed by atoms with Gasteiger partial charge < -0.3 is 14.6 Å². The maximum atomic E-state index is 10.8. The summed E-state index contributed by atoms with van der Waals surface area (Å²) in [7, 11) is 1.44. The second-order valence-corrected chi connectivity index (χ2v) is 4.30. The van der Waals surface area contributed by atoms with Gasteiger partial charge in [0.25, 0.3) is 0 Å². The van der Waals surface area contributed by atoms with E-state index in [9.17, 15) is 4.79 Å². The molecule has 7 heteroatoms. The molecule has 0 saturated carbocycles. The highest BCUT2D eigenvalue weighted by atomic mass is 35.5. The van der Waals surface area contributed by atoms with Crippen LogP contribution in [0.4, 0.5) is 0 Å². The van der Waals surface area contributed by atoms with Crippen molar-refractivity contribution in [2.75, 3.05) is 7.11 Å². The lowest BCUT2D eigenvalue weighted by Gasteiger charge is -2.10. The first kappa shape index (κ1) is 14.6. The average molecular weight is 305 g/mol. The number of aromatic nitrogens is 1. The van der Waals surface area contributed by atoms with Crippen LogP contribution in [0, 0.1) is 11.3 Å². The molecule has 0 unspecified atom stereocenters. The first-order valence-electron chi connectivity index (χ1n) is 5.70. The van der Waals surface area contributed by atoms with Crippen LogP contribution in [-0.2, 0) is 0 Å². The van der Waals surface area contributed by atoms with Gasteiger partial charge in [-0.3, -0.25) is 0 Å². The van der Waals surface area contributed by atoms with Crippen LogP contribution < -0.4 is 9.47 Å². The number of nitriles is 1. The molecule has 0 aliphatic heterocycles. The van der Waals surface area contributed by atoms with Gasteiger partial charge in [0.1, 0.15) is 5.02 Å². The predicted octanol–water partition coefficient (Wildman–Crippen LogP) is 3.11. The van der Waals surface area contributed by atoms with Gasteiger partial charge in [-0.1, -0.05) is 11.6 Å². The molecule has 21 heavy (non-hydrogen) atoms. The Hall–Kier alpha value is -2.78. The number of carboxylic acid groups (broad SMARTS) is 1. The van der Waals surface area contributed by atoms with Crippen LogP contribution in [-0.4, -0.2) is 23.2 Å². The third-order valence-electron chi connectivity index (χ3n) is 2.55. The van der Waals surface area contributed by atoms with Gasteiger partial charge in [0, 0.05) is 12.3 Å². The molecular formula is C14H9ClN2O4. The molecule has 1 aromatic heterocycles. The van der Waals surface area contributed by atoms with Crippen molar-refractivity contribution in [3.05, 3.63) is 46.6 Å². The van der Waals surface area contributed by atoms with Gasteiger partial charge in [-0.2, -0.15) is 5.26 Å². The first-order chi connectivity index (χ1) is 10.0. The summed E-state index contributed by atoms with van der Waals surface area (Å²) in [5.74, 6) is -0.431. The van der Waals surface area contributed by atoms with Gasteiger partial charge in [0.15, 0.2) is 11.5 Å². The normalized spacial score (nSPS) is 9.76. The third-order valence-corrected chi connectivity index (χ3v) is 2.82. The third kappa shape index (κ3) is 3.22. The Morgan fingerprint density at radius 3 is 2.71 bits per heavy atom. The van der Waals surface area contributed by atoms with Gasteiger partial charge in [0.05, 0.1) is 24.3 Å². The standard InChI is InChI=1S/C14H9ClN2O4/c1-20-12-4-8(6-16)2-3-11(12)21-13-10(15)5-9(7-17-13)14(18)19/h2-5,7H,1H3,(H,18,19). The van der Waals surface area contributed by atoms with Crippen molar-refractivity contribution in [2.45, 2.75) is 0 Å². The minimum absolute atomic E-state index is 0.0425. The molecule has 0 aliphatic rings. The van der Waals surface area contributed by atoms with E-state index < -0.39 is 5.97 Å². The fourth-order valence-electron chi connectivity index (χ4n) is 1.54. The van der Waals surface area contributed by atoms with E-state index in [1.54, 1.807) is 12.1 Å². The Bertz CT molecular complexity index is 740. The summed E-state index contributed by atoms with van der Waals surface area (Å²) < 4.78 is 10.6. The summed E-state index contributed by atoms with van der Waals surface area (Å²) in [6, 6.07) is 7.82. The minimum atomic E-state index is -1.13. The van der Waals surface area contributed by atoms with E-state index in [4.69, 9.17) is 31.4 Å². The Kier molecular flexibility index (Phi) is 4.26. The molecule has 1 aromatic carbocycles. The lowest BCUT2D eigenvalue weighted by Crippen LogP contribution is -1.99. The highest BCUT2D eigenvalue weighted by molar-refractivity contribution is 6.32. The molecule has 0 fully saturated rings. The Morgan fingerprint density at radius 2 is 2.14 bits per heavy atom. The fourth-order valence-corrected chi connectivity index (χ4v) is 1.75. The van der Waals surface area contributed by atoms with Crippen molar-refractivity contribution in [1.29, 1.82) is 5.26 Å². The van der Waals surface area contributed by atoms with Gasteiger partial charge in [-0.25, -0.2) is 9.78 Å². The monoisotopic (exact) mass is 304 g/mol. The summed E-state index contributed by atoms with van der Waals surface area (Å²) in [5, 5.41) is 17.7. The van der Waals surface area contributed by atoms with Crippen molar-refractivity contribution >= 4 is 17.6 Å². The Morgan fingerprint density at radius 1 is 1.38 bits per heavy atom. The summed E-state index contributed by atoms with van der Waals surface area (Å²) in [5.41, 5.74) is 0.374. The molecule has 2 aromatic rings. The number of hydrogen-bond acceptors (Lipinski definition) is 5. The smallest absolute Gasteiger partial charge is 0.337 e. The number of halogens is 1. The highest BCUT2D eigenvalue weighted by Crippen LogP contribution is 2.34. The Balaban J connectivity index is 2.34. The molecule has 0 saturated heterocycles. The van der Waals surface area contributed by atoms with Crippen LogP contribution in [0.2, 0.25) is 5.02 Å². The zero-order valence-electron chi connectivity index (χ0n) is 10.8. The molecule has 6 nitrogen and oxygen atoms in total. The largest absolute Gasteiger partial charge is 0.493 e. The second kappa shape index (κ2) is 6.11. The van der Waals surface area contributed by atoms with E-state index >= 15 is 0 Å². The minimum Gasteiger partial charge on any atom is -0.493 e. The van der Waals surface area contributed by atoms with E-state index in [1.807, 2.05) is 6.07 Å². The number of nitrogens with zero attached hydrogens (tertiary/aromatic N) is 2. The summed E-state index contributed by atoms with van der Waals surface area (Å²) in [6.45, 7) is 0. The number of carboxylic acids is 1. The van der Waals surface area contributed by atoms with E-state index in [0.717, 1.165) is 6.20 Å². The number of ether oxygens (including phenoxy) is 2. The molecule has 0 spiro atoms. The zero-order chi connectivity index (χ0) is 15.4. The average Bonchev–Trinajstić information content (AvgIpc) is 2.49. The molecule has 0 atom stereocenters. The number of aromatic carboxylic acids is 1. The number of carbonyl (C=O) groups is 1. The van der Waals surface area contributed by atoms with E-state index in [2.05, 4.69) is 4.98 Å². The molecule has 106 valence electrons. The van der Waals surface area contributed by atoms with Gasteiger partial charge in [-0.05, 0) is 18.2 Å². The van der Waals surface area contributed by atoms with Crippen LogP contribution in [0.3, 0.4) is 0 Å². The van der Waals surface area contributed by atoms with Gasteiger partial charge in [0.2, 0.25) is 5.88 Å². The van der Waals surface area contributed by atoms with Crippen LogP contribution in [0.1, 0.15) is 15.9 Å². The van der Waals surface area contributed by atoms with Gasteiger partial charge in [-0.15, -0.1) is 0 Å². The summed E-state index contributed by atoms with van der Waals surface area (Å²) >= 11 is 5.93. The van der Waals surface area contributed by atoms with Crippen LogP contribution in [0.5, 0.6) is 17.4 Å². The number of benzene rings is 1. The molecule has 0 bridgehead atoms. The lowest BCUT2D eigenvalue weighted by atomic mass is 10.2. The molecule has 1 heterocycles. The van der Waals surface area contributed by atoms with Crippen molar-refractivity contribution in [1.82, 2.24) is 4.98 Å². The number of hydrogen-bond donors (Lipinski definition) is 1. The molecule has 0 amide bonds. The van der Waals surface area contributed by atoms with Crippen LogP contribution in [0.25, 0.3) is 0 Å². The molecule has 2 rings (SSSR count). The predicted molar refractivity (Wildman–Crippen MR) is 74.0 cm³/mol. The van der Waals surface area contributed by atoms with Crippen molar-refractivity contribution in [2.24, 2.45) is 0 Å². The van der Waals surface area contributed by atoms with E-state index in [1.165, 1.54) is 19.2 Å². The highest BCUT2D eigenvalue weighted by Gasteiger charge is 2.13. The van der Waals surface area contributed by atoms with Crippen molar-refractivity contribution < 1.29 is 19.4 Å². The van der Waals surface area contributed by atoms with Crippen molar-refractivity contribution in [3.8, 4) is 23.4 Å². The van der Waals surface area contributed by atoms with Crippen molar-refractivity contribution in [3.63, 3.8) is 0 Å². The number of rotatable bonds is 4. The van der Waals surface area contributed by atoms with E-state index in [-0.39, 0.29) is 16.5 Å². The summed E-state index contributed by atoms with van der Waals surface area (Å²) in [4.78, 5) is 14.7. The van der Waals surface area contributed by atoms with E-state index in [0.29, 0.717) is 17.1 Å². The lowest BCUT2D eigenvalue weighted by molar-refractivity contribution is 0.0696. The maximum absolute atomic E-state index is 10.8. The van der Waals surface area contributed by atoms with Gasteiger partial charge >= 0.3 is 5.97 Å². The second-order valence-electron chi connectivity index (χ2n) is 3.90. The first-order valence-corrected chi connectivity index (χ1v) is 6.07. The quantitative estimate of drug-likeness (QED) is 0.933. The zero-order valence-corrected chi connectivity index (χ0v) is 11.6. The fraction of sp³-hybridized carbons (Fsp3) is 0.0714. The molecule has 0 radical (unpaired) electrons.